The lowest BCUT2D eigenvalue weighted by atomic mass is 9.98. The van der Waals surface area contributed by atoms with Gasteiger partial charge in [0, 0.05) is 13.0 Å². The Balaban J connectivity index is 2.14. The molecule has 2 rings (SSSR count). The summed E-state index contributed by atoms with van der Waals surface area (Å²) in [5.41, 5.74) is 12.2. The third-order valence-electron chi connectivity index (χ3n) is 8.82. The molecule has 7 amide bonds. The first-order chi connectivity index (χ1) is 24.5. The third-order valence-corrected chi connectivity index (χ3v) is 8.82. The molecule has 1 fully saturated rings. The number of nitrogens with zero attached hydrogens (tertiary/aromatic N) is 1. The van der Waals surface area contributed by atoms with E-state index in [-0.39, 0.29) is 25.3 Å². The number of carbonyl (C=O) groups excluding carboxylic acids is 7. The van der Waals surface area contributed by atoms with Crippen LogP contribution >= 0.6 is 0 Å². The van der Waals surface area contributed by atoms with Gasteiger partial charge in [-0.2, -0.15) is 0 Å². The number of aliphatic carboxylic acids is 1. The van der Waals surface area contributed by atoms with Crippen LogP contribution in [0.2, 0.25) is 0 Å². The SMILES string of the molecule is CC[C@H](C)[C@H](N)C(=O)N[C@@H](Cc1ccccc1)C(=O)N1CCC[C@H]1C(=O)N[C@@H](CC(N)=O)C(=O)NCC(=O)N[C@@H](CO)C(=O)N[C@H](C(=O)O)C(C)C. The van der Waals surface area contributed by atoms with Gasteiger partial charge in [-0.15, -0.1) is 0 Å². The first-order valence-electron chi connectivity index (χ1n) is 17.2. The zero-order valence-electron chi connectivity index (χ0n) is 29.9. The van der Waals surface area contributed by atoms with E-state index >= 15 is 0 Å². The Morgan fingerprint density at radius 3 is 2.10 bits per heavy atom. The molecule has 1 aromatic rings. The highest BCUT2D eigenvalue weighted by Gasteiger charge is 2.40. The van der Waals surface area contributed by atoms with Crippen LogP contribution in [0.4, 0.5) is 0 Å². The first kappa shape index (κ1) is 43.1. The molecule has 18 heteroatoms. The summed E-state index contributed by atoms with van der Waals surface area (Å²) >= 11 is 0. The second kappa shape index (κ2) is 20.7. The molecule has 1 heterocycles. The molecule has 0 aliphatic carbocycles. The quantitative estimate of drug-likeness (QED) is 0.0663. The molecule has 0 aromatic heterocycles. The summed E-state index contributed by atoms with van der Waals surface area (Å²) in [5, 5.41) is 30.7. The van der Waals surface area contributed by atoms with Crippen LogP contribution in [-0.2, 0) is 44.8 Å². The molecule has 1 aliphatic heterocycles. The lowest BCUT2D eigenvalue weighted by molar-refractivity contribution is -0.143. The standard InChI is InChI=1S/C34H52N8O10/c1-5-19(4)27(36)32(49)40-22(14-20-10-7-6-8-11-20)33(50)42-13-9-12-24(42)31(48)39-21(15-25(35)44)29(46)37-16-26(45)38-23(17-43)30(47)41-28(18(2)3)34(51)52/h6-8,10-11,18-19,21-24,27-28,43H,5,9,12-17,36H2,1-4H3,(H2,35,44)(H,37,46)(H,38,45)(H,39,48)(H,40,49)(H,41,47)(H,51,52)/t19-,21-,22-,23-,24-,27-,28-/m0/s1. The number of carbonyl (C=O) groups is 8. The average Bonchev–Trinajstić information content (AvgIpc) is 3.60. The van der Waals surface area contributed by atoms with Gasteiger partial charge in [0.25, 0.3) is 0 Å². The summed E-state index contributed by atoms with van der Waals surface area (Å²) < 4.78 is 0. The van der Waals surface area contributed by atoms with E-state index < -0.39 is 109 Å². The Labute approximate surface area is 302 Å². The van der Waals surface area contributed by atoms with Crippen molar-refractivity contribution < 1.29 is 48.6 Å². The fourth-order valence-electron chi connectivity index (χ4n) is 5.51. The Bertz CT molecular complexity index is 1440. The largest absolute Gasteiger partial charge is 0.480 e. The smallest absolute Gasteiger partial charge is 0.326 e. The number of nitrogens with two attached hydrogens (primary N) is 2. The second-order valence-electron chi connectivity index (χ2n) is 13.2. The molecule has 1 aromatic carbocycles. The number of carboxylic acids is 1. The van der Waals surface area contributed by atoms with Gasteiger partial charge in [-0.1, -0.05) is 64.4 Å². The molecule has 0 unspecified atom stereocenters. The van der Waals surface area contributed by atoms with Crippen molar-refractivity contribution in [3.63, 3.8) is 0 Å². The number of aliphatic hydroxyl groups is 1. The number of nitrogens with one attached hydrogen (secondary N) is 5. The number of rotatable bonds is 20. The van der Waals surface area contributed by atoms with Crippen molar-refractivity contribution >= 4 is 47.3 Å². The van der Waals surface area contributed by atoms with Crippen LogP contribution in [0.25, 0.3) is 0 Å². The van der Waals surface area contributed by atoms with Crippen LogP contribution in [0.15, 0.2) is 30.3 Å². The topological polar surface area (TPSA) is 292 Å². The van der Waals surface area contributed by atoms with E-state index in [1.165, 1.54) is 4.90 Å². The summed E-state index contributed by atoms with van der Waals surface area (Å²) in [6.45, 7) is 5.35. The number of aliphatic hydroxyl groups excluding tert-OH is 1. The van der Waals surface area contributed by atoms with Gasteiger partial charge < -0.3 is 53.2 Å². The number of benzene rings is 1. The molecule has 288 valence electrons. The monoisotopic (exact) mass is 732 g/mol. The number of hydrogen-bond donors (Lipinski definition) is 9. The fourth-order valence-corrected chi connectivity index (χ4v) is 5.51. The Morgan fingerprint density at radius 1 is 0.885 bits per heavy atom. The van der Waals surface area contributed by atoms with Gasteiger partial charge in [-0.3, -0.25) is 33.6 Å². The molecule has 1 aliphatic rings. The highest BCUT2D eigenvalue weighted by molar-refractivity contribution is 5.98. The van der Waals surface area contributed by atoms with E-state index in [1.54, 1.807) is 44.2 Å². The summed E-state index contributed by atoms with van der Waals surface area (Å²) in [7, 11) is 0. The van der Waals surface area contributed by atoms with Crippen molar-refractivity contribution in [2.75, 3.05) is 19.7 Å². The van der Waals surface area contributed by atoms with Gasteiger partial charge in [0.1, 0.15) is 30.2 Å². The number of amides is 7. The highest BCUT2D eigenvalue weighted by Crippen LogP contribution is 2.20. The normalized spacial score (nSPS) is 17.4. The maximum Gasteiger partial charge on any atom is 0.326 e. The molecule has 7 atom stereocenters. The van der Waals surface area contributed by atoms with Gasteiger partial charge in [0.2, 0.25) is 41.4 Å². The molecule has 18 nitrogen and oxygen atoms in total. The summed E-state index contributed by atoms with van der Waals surface area (Å²) in [6, 6.07) is 1.58. The number of likely N-dealkylation sites (tertiary alicyclic amines) is 1. The number of carboxylic acid groups (broad SMARTS) is 1. The van der Waals surface area contributed by atoms with Crippen molar-refractivity contribution in [2.45, 2.75) is 96.1 Å². The minimum atomic E-state index is -1.55. The Kier molecular flexibility index (Phi) is 17.1. The summed E-state index contributed by atoms with van der Waals surface area (Å²) in [6.07, 6.45) is 0.744. The minimum Gasteiger partial charge on any atom is -0.480 e. The lowest BCUT2D eigenvalue weighted by Crippen LogP contribution is -2.59. The van der Waals surface area contributed by atoms with Gasteiger partial charge in [0.05, 0.1) is 25.6 Å². The van der Waals surface area contributed by atoms with Crippen LogP contribution in [-0.4, -0.2) is 118 Å². The zero-order chi connectivity index (χ0) is 39.1. The third kappa shape index (κ3) is 12.9. The molecular weight excluding hydrogens is 680 g/mol. The highest BCUT2D eigenvalue weighted by atomic mass is 16.4. The molecule has 0 spiro atoms. The zero-order valence-corrected chi connectivity index (χ0v) is 29.9. The molecular formula is C34H52N8O10. The van der Waals surface area contributed by atoms with Crippen molar-refractivity contribution in [3.05, 3.63) is 35.9 Å². The summed E-state index contributed by atoms with van der Waals surface area (Å²) in [5.74, 6) is -7.66. The number of hydrogen-bond acceptors (Lipinski definition) is 10. The van der Waals surface area contributed by atoms with Crippen LogP contribution in [0, 0.1) is 11.8 Å². The van der Waals surface area contributed by atoms with Gasteiger partial charge in [0.15, 0.2) is 0 Å². The van der Waals surface area contributed by atoms with E-state index in [0.29, 0.717) is 12.8 Å². The maximum atomic E-state index is 13.9. The van der Waals surface area contributed by atoms with E-state index in [0.717, 1.165) is 5.56 Å². The second-order valence-corrected chi connectivity index (χ2v) is 13.2. The van der Waals surface area contributed by atoms with Gasteiger partial charge in [-0.05, 0) is 30.2 Å². The van der Waals surface area contributed by atoms with E-state index in [2.05, 4.69) is 26.6 Å². The molecule has 52 heavy (non-hydrogen) atoms. The molecule has 1 saturated heterocycles. The van der Waals surface area contributed by atoms with E-state index in [9.17, 15) is 48.6 Å². The van der Waals surface area contributed by atoms with Gasteiger partial charge >= 0.3 is 5.97 Å². The van der Waals surface area contributed by atoms with Crippen LogP contribution < -0.4 is 38.1 Å². The molecule has 0 radical (unpaired) electrons. The van der Waals surface area contributed by atoms with Crippen molar-refractivity contribution in [1.82, 2.24) is 31.5 Å². The molecule has 11 N–H and O–H groups in total. The maximum absolute atomic E-state index is 13.9. The van der Waals surface area contributed by atoms with Crippen LogP contribution in [0.5, 0.6) is 0 Å². The molecule has 0 bridgehead atoms. The van der Waals surface area contributed by atoms with E-state index in [4.69, 9.17) is 11.5 Å². The first-order valence-corrected chi connectivity index (χ1v) is 17.2. The Hall–Kier alpha value is -5.10. The number of primary amides is 1. The van der Waals surface area contributed by atoms with Gasteiger partial charge in [-0.25, -0.2) is 4.79 Å². The lowest BCUT2D eigenvalue weighted by Gasteiger charge is -2.30. The summed E-state index contributed by atoms with van der Waals surface area (Å²) in [4.78, 5) is 103. The predicted molar refractivity (Wildman–Crippen MR) is 186 cm³/mol. The molecule has 0 saturated carbocycles. The minimum absolute atomic E-state index is 0.120. The fraction of sp³-hybridized carbons (Fsp3) is 0.588. The average molecular weight is 733 g/mol. The predicted octanol–water partition coefficient (Wildman–Crippen LogP) is -2.74. The van der Waals surface area contributed by atoms with E-state index in [1.807, 2.05) is 13.8 Å². The van der Waals surface area contributed by atoms with Crippen LogP contribution in [0.3, 0.4) is 0 Å². The Morgan fingerprint density at radius 2 is 1.54 bits per heavy atom. The van der Waals surface area contributed by atoms with Crippen molar-refractivity contribution in [3.8, 4) is 0 Å². The van der Waals surface area contributed by atoms with Crippen molar-refractivity contribution in [2.24, 2.45) is 23.3 Å². The van der Waals surface area contributed by atoms with Crippen molar-refractivity contribution in [1.29, 1.82) is 0 Å². The van der Waals surface area contributed by atoms with Crippen LogP contribution in [0.1, 0.15) is 58.9 Å².